The SMILES string of the molecule is COc1cc(CNC(=O)[C@@H](C)Oc2ccc(N(C)S(C)(=O)=O)cc2)ccc1OC(C)C. The van der Waals surface area contributed by atoms with Crippen LogP contribution < -0.4 is 23.8 Å². The number of hydrogen-bond acceptors (Lipinski definition) is 6. The van der Waals surface area contributed by atoms with Gasteiger partial charge in [-0.05, 0) is 62.7 Å². The van der Waals surface area contributed by atoms with E-state index in [0.29, 0.717) is 29.5 Å². The van der Waals surface area contributed by atoms with Crippen LogP contribution >= 0.6 is 0 Å². The van der Waals surface area contributed by atoms with Crippen LogP contribution in [0.2, 0.25) is 0 Å². The molecule has 2 aromatic carbocycles. The lowest BCUT2D eigenvalue weighted by Gasteiger charge is -2.18. The molecule has 1 atom stereocenters. The van der Waals surface area contributed by atoms with E-state index < -0.39 is 16.1 Å². The molecule has 0 unspecified atom stereocenters. The average molecular weight is 451 g/mol. The molecule has 0 aliphatic carbocycles. The first kappa shape index (κ1) is 24.3. The molecule has 0 fully saturated rings. The number of anilines is 1. The summed E-state index contributed by atoms with van der Waals surface area (Å²) in [4.78, 5) is 12.4. The van der Waals surface area contributed by atoms with Crippen molar-refractivity contribution in [2.75, 3.05) is 24.7 Å². The number of ether oxygens (including phenoxy) is 3. The summed E-state index contributed by atoms with van der Waals surface area (Å²) in [5.74, 6) is 1.43. The van der Waals surface area contributed by atoms with Crippen LogP contribution in [0.3, 0.4) is 0 Å². The Hall–Kier alpha value is -2.94. The van der Waals surface area contributed by atoms with Gasteiger partial charge in [-0.3, -0.25) is 9.10 Å². The van der Waals surface area contributed by atoms with Gasteiger partial charge in [0.05, 0.1) is 25.2 Å². The highest BCUT2D eigenvalue weighted by Gasteiger charge is 2.16. The van der Waals surface area contributed by atoms with Crippen molar-refractivity contribution < 1.29 is 27.4 Å². The monoisotopic (exact) mass is 450 g/mol. The fraction of sp³-hybridized carbons (Fsp3) is 0.409. The molecule has 0 aliphatic heterocycles. The Morgan fingerprint density at radius 1 is 1.03 bits per heavy atom. The average Bonchev–Trinajstić information content (AvgIpc) is 2.71. The van der Waals surface area contributed by atoms with E-state index in [1.54, 1.807) is 38.3 Å². The Morgan fingerprint density at radius 2 is 1.68 bits per heavy atom. The summed E-state index contributed by atoms with van der Waals surface area (Å²) in [7, 11) is -0.302. The van der Waals surface area contributed by atoms with Crippen LogP contribution in [0.1, 0.15) is 26.3 Å². The van der Waals surface area contributed by atoms with Gasteiger partial charge in [-0.25, -0.2) is 8.42 Å². The number of nitrogens with zero attached hydrogens (tertiary/aromatic N) is 1. The number of rotatable bonds is 10. The number of hydrogen-bond donors (Lipinski definition) is 1. The van der Waals surface area contributed by atoms with Crippen LogP contribution in [-0.4, -0.2) is 46.9 Å². The zero-order chi connectivity index (χ0) is 23.2. The van der Waals surface area contributed by atoms with Crippen molar-refractivity contribution >= 4 is 21.6 Å². The second kappa shape index (κ2) is 10.4. The Morgan fingerprint density at radius 3 is 2.23 bits per heavy atom. The highest BCUT2D eigenvalue weighted by molar-refractivity contribution is 7.92. The molecule has 2 rings (SSSR count). The molecular formula is C22H30N2O6S. The van der Waals surface area contributed by atoms with Crippen LogP contribution in [0.4, 0.5) is 5.69 Å². The van der Waals surface area contributed by atoms with E-state index in [0.717, 1.165) is 11.8 Å². The van der Waals surface area contributed by atoms with Gasteiger partial charge in [-0.1, -0.05) is 6.07 Å². The van der Waals surface area contributed by atoms with Crippen molar-refractivity contribution in [3.05, 3.63) is 48.0 Å². The van der Waals surface area contributed by atoms with Gasteiger partial charge in [-0.15, -0.1) is 0 Å². The van der Waals surface area contributed by atoms with Gasteiger partial charge < -0.3 is 19.5 Å². The first-order valence-corrected chi connectivity index (χ1v) is 11.7. The predicted octanol–water partition coefficient (Wildman–Crippen LogP) is 2.96. The molecule has 0 aromatic heterocycles. The van der Waals surface area contributed by atoms with E-state index in [1.165, 1.54) is 11.4 Å². The van der Waals surface area contributed by atoms with E-state index in [2.05, 4.69) is 5.32 Å². The van der Waals surface area contributed by atoms with Gasteiger partial charge in [-0.2, -0.15) is 0 Å². The van der Waals surface area contributed by atoms with Crippen LogP contribution in [0, 0.1) is 0 Å². The van der Waals surface area contributed by atoms with Crippen LogP contribution in [-0.2, 0) is 21.4 Å². The summed E-state index contributed by atoms with van der Waals surface area (Å²) in [6, 6.07) is 12.0. The highest BCUT2D eigenvalue weighted by atomic mass is 32.2. The number of amides is 1. The maximum absolute atomic E-state index is 12.4. The van der Waals surface area contributed by atoms with Gasteiger partial charge >= 0.3 is 0 Å². The molecule has 9 heteroatoms. The summed E-state index contributed by atoms with van der Waals surface area (Å²) >= 11 is 0. The predicted molar refractivity (Wildman–Crippen MR) is 120 cm³/mol. The third-order valence-electron chi connectivity index (χ3n) is 4.44. The Bertz CT molecular complexity index is 990. The molecule has 0 heterocycles. The smallest absolute Gasteiger partial charge is 0.261 e. The standard InChI is InChI=1S/C22H30N2O6S/c1-15(2)29-20-12-7-17(13-21(20)28-5)14-23-22(25)16(3)30-19-10-8-18(9-11-19)24(4)31(6,26)27/h7-13,15-16H,14H2,1-6H3,(H,23,25)/t16-/m1/s1. The minimum absolute atomic E-state index is 0.0262. The van der Waals surface area contributed by atoms with E-state index in [-0.39, 0.29) is 12.0 Å². The summed E-state index contributed by atoms with van der Waals surface area (Å²) in [6.07, 6.45) is 0.423. The lowest BCUT2D eigenvalue weighted by Crippen LogP contribution is -2.35. The molecule has 170 valence electrons. The quantitative estimate of drug-likeness (QED) is 0.598. The van der Waals surface area contributed by atoms with E-state index >= 15 is 0 Å². The second-order valence-corrected chi connectivity index (χ2v) is 9.37. The first-order valence-electron chi connectivity index (χ1n) is 9.83. The van der Waals surface area contributed by atoms with Crippen molar-refractivity contribution in [2.45, 2.75) is 39.5 Å². The fourth-order valence-corrected chi connectivity index (χ4v) is 3.19. The molecule has 0 aliphatic rings. The van der Waals surface area contributed by atoms with Crippen LogP contribution in [0.5, 0.6) is 17.2 Å². The molecule has 0 radical (unpaired) electrons. The van der Waals surface area contributed by atoms with Crippen molar-refractivity contribution in [3.63, 3.8) is 0 Å². The zero-order valence-electron chi connectivity index (χ0n) is 18.7. The lowest BCUT2D eigenvalue weighted by molar-refractivity contribution is -0.127. The molecule has 8 nitrogen and oxygen atoms in total. The zero-order valence-corrected chi connectivity index (χ0v) is 19.5. The van der Waals surface area contributed by atoms with Gasteiger partial charge in [0.1, 0.15) is 5.75 Å². The number of nitrogens with one attached hydrogen (secondary N) is 1. The number of benzene rings is 2. The van der Waals surface area contributed by atoms with Crippen LogP contribution in [0.25, 0.3) is 0 Å². The number of carbonyl (C=O) groups is 1. The topological polar surface area (TPSA) is 94.2 Å². The van der Waals surface area contributed by atoms with Gasteiger partial charge in [0.25, 0.3) is 5.91 Å². The molecule has 31 heavy (non-hydrogen) atoms. The van der Waals surface area contributed by atoms with E-state index in [4.69, 9.17) is 14.2 Å². The molecule has 0 bridgehead atoms. The maximum Gasteiger partial charge on any atom is 0.261 e. The third kappa shape index (κ3) is 7.06. The third-order valence-corrected chi connectivity index (χ3v) is 5.64. The van der Waals surface area contributed by atoms with Crippen molar-refractivity contribution in [1.82, 2.24) is 5.32 Å². The molecule has 0 saturated heterocycles. The minimum Gasteiger partial charge on any atom is -0.493 e. The summed E-state index contributed by atoms with van der Waals surface area (Å²) in [6.45, 7) is 5.83. The summed E-state index contributed by atoms with van der Waals surface area (Å²) < 4.78 is 41.1. The molecule has 1 amide bonds. The van der Waals surface area contributed by atoms with Crippen molar-refractivity contribution in [1.29, 1.82) is 0 Å². The molecular weight excluding hydrogens is 420 g/mol. The lowest BCUT2D eigenvalue weighted by atomic mass is 10.2. The molecule has 0 spiro atoms. The maximum atomic E-state index is 12.4. The molecule has 0 saturated carbocycles. The number of carbonyl (C=O) groups excluding carboxylic acids is 1. The second-order valence-electron chi connectivity index (χ2n) is 7.35. The number of methoxy groups -OCH3 is 1. The normalized spacial score (nSPS) is 12.2. The first-order chi connectivity index (χ1) is 14.5. The largest absolute Gasteiger partial charge is 0.493 e. The number of sulfonamides is 1. The fourth-order valence-electron chi connectivity index (χ4n) is 2.69. The minimum atomic E-state index is -3.34. The Balaban J connectivity index is 1.94. The van der Waals surface area contributed by atoms with Crippen LogP contribution in [0.15, 0.2) is 42.5 Å². The molecule has 1 N–H and O–H groups in total. The van der Waals surface area contributed by atoms with Crippen molar-refractivity contribution in [2.24, 2.45) is 0 Å². The van der Waals surface area contributed by atoms with Crippen molar-refractivity contribution in [3.8, 4) is 17.2 Å². The van der Waals surface area contributed by atoms with Gasteiger partial charge in [0.15, 0.2) is 17.6 Å². The summed E-state index contributed by atoms with van der Waals surface area (Å²) in [5.41, 5.74) is 1.37. The Kier molecular flexibility index (Phi) is 8.15. The summed E-state index contributed by atoms with van der Waals surface area (Å²) in [5, 5.41) is 2.83. The van der Waals surface area contributed by atoms with E-state index in [1.807, 2.05) is 32.0 Å². The van der Waals surface area contributed by atoms with Gasteiger partial charge in [0, 0.05) is 13.6 Å². The van der Waals surface area contributed by atoms with Gasteiger partial charge in [0.2, 0.25) is 10.0 Å². The van der Waals surface area contributed by atoms with E-state index in [9.17, 15) is 13.2 Å². The highest BCUT2D eigenvalue weighted by Crippen LogP contribution is 2.29. The molecule has 2 aromatic rings. The Labute approximate surface area is 184 Å².